The Morgan fingerprint density at radius 2 is 1.85 bits per heavy atom. The molecular formula is C26H26FN3O3. The van der Waals surface area contributed by atoms with Gasteiger partial charge in [0.25, 0.3) is 5.91 Å². The Morgan fingerprint density at radius 3 is 2.52 bits per heavy atom. The van der Waals surface area contributed by atoms with Gasteiger partial charge in [0.1, 0.15) is 17.3 Å². The average Bonchev–Trinajstić information content (AvgIpc) is 2.85. The number of hydrogen-bond donors (Lipinski definition) is 1. The Morgan fingerprint density at radius 1 is 1.09 bits per heavy atom. The largest absolute Gasteiger partial charge is 0.456 e. The summed E-state index contributed by atoms with van der Waals surface area (Å²) in [6.45, 7) is 3.04. The molecule has 0 radical (unpaired) electrons. The normalized spacial score (nSPS) is 14.1. The predicted molar refractivity (Wildman–Crippen MR) is 122 cm³/mol. The molecule has 2 amide bonds. The predicted octanol–water partition coefficient (Wildman–Crippen LogP) is 4.49. The lowest BCUT2D eigenvalue weighted by atomic mass is 9.95. The monoisotopic (exact) mass is 447 g/mol. The number of aryl methyl sites for hydroxylation is 1. The molecule has 0 unspecified atom stereocenters. The number of rotatable bonds is 6. The molecule has 0 aliphatic carbocycles. The number of piperidine rings is 1. The first-order chi connectivity index (χ1) is 16.0. The fourth-order valence-electron chi connectivity index (χ4n) is 3.82. The van der Waals surface area contributed by atoms with Crippen molar-refractivity contribution in [1.29, 1.82) is 0 Å². The fourth-order valence-corrected chi connectivity index (χ4v) is 3.82. The number of pyridine rings is 1. The van der Waals surface area contributed by atoms with Crippen LogP contribution >= 0.6 is 0 Å². The molecule has 0 atom stereocenters. The van der Waals surface area contributed by atoms with Crippen molar-refractivity contribution in [3.05, 3.63) is 89.5 Å². The van der Waals surface area contributed by atoms with Crippen LogP contribution in [-0.2, 0) is 11.3 Å². The van der Waals surface area contributed by atoms with Gasteiger partial charge in [-0.3, -0.25) is 14.6 Å². The zero-order valence-electron chi connectivity index (χ0n) is 18.5. The third-order valence-electron chi connectivity index (χ3n) is 5.83. The molecule has 2 aromatic carbocycles. The summed E-state index contributed by atoms with van der Waals surface area (Å²) in [5.74, 6) is 0.717. The molecule has 4 rings (SSSR count). The molecule has 0 spiro atoms. The van der Waals surface area contributed by atoms with E-state index < -0.39 is 0 Å². The van der Waals surface area contributed by atoms with Crippen LogP contribution in [0.15, 0.2) is 67.0 Å². The molecule has 1 fully saturated rings. The standard InChI is InChI=1S/C26H26FN3O3/c1-18-4-5-19(15-24(18)27)16-29-25(31)20-10-13-30(14-11-20)26(32)21-6-8-22(9-7-21)33-23-3-2-12-28-17-23/h2-9,12,15,17,20H,10-11,13-14,16H2,1H3,(H,29,31). The van der Waals surface area contributed by atoms with Crippen LogP contribution in [0.1, 0.15) is 34.3 Å². The Bertz CT molecular complexity index is 1110. The molecule has 1 aromatic heterocycles. The van der Waals surface area contributed by atoms with Crippen LogP contribution in [0, 0.1) is 18.7 Å². The Kier molecular flexibility index (Phi) is 6.98. The molecule has 33 heavy (non-hydrogen) atoms. The van der Waals surface area contributed by atoms with Crippen LogP contribution in [-0.4, -0.2) is 34.8 Å². The van der Waals surface area contributed by atoms with E-state index in [2.05, 4.69) is 10.3 Å². The molecule has 7 heteroatoms. The third kappa shape index (κ3) is 5.74. The summed E-state index contributed by atoms with van der Waals surface area (Å²) >= 11 is 0. The van der Waals surface area contributed by atoms with Gasteiger partial charge in [-0.1, -0.05) is 12.1 Å². The topological polar surface area (TPSA) is 71.5 Å². The minimum Gasteiger partial charge on any atom is -0.456 e. The second-order valence-electron chi connectivity index (χ2n) is 8.18. The molecule has 1 N–H and O–H groups in total. The molecular weight excluding hydrogens is 421 g/mol. The van der Waals surface area contributed by atoms with E-state index in [0.29, 0.717) is 55.1 Å². The van der Waals surface area contributed by atoms with E-state index in [4.69, 9.17) is 4.74 Å². The fraction of sp³-hybridized carbons (Fsp3) is 0.269. The summed E-state index contributed by atoms with van der Waals surface area (Å²) in [7, 11) is 0. The van der Waals surface area contributed by atoms with Crippen LogP contribution in [0.3, 0.4) is 0 Å². The quantitative estimate of drug-likeness (QED) is 0.604. The maximum absolute atomic E-state index is 13.7. The van der Waals surface area contributed by atoms with Crippen LogP contribution in [0.4, 0.5) is 4.39 Å². The summed E-state index contributed by atoms with van der Waals surface area (Å²) in [5, 5.41) is 2.89. The number of carbonyl (C=O) groups excluding carboxylic acids is 2. The van der Waals surface area contributed by atoms with E-state index in [-0.39, 0.29) is 23.5 Å². The first-order valence-corrected chi connectivity index (χ1v) is 11.0. The zero-order chi connectivity index (χ0) is 23.2. The third-order valence-corrected chi connectivity index (χ3v) is 5.83. The van der Waals surface area contributed by atoms with Gasteiger partial charge in [0, 0.05) is 37.3 Å². The smallest absolute Gasteiger partial charge is 0.253 e. The van der Waals surface area contributed by atoms with Crippen LogP contribution in [0.25, 0.3) is 0 Å². The Balaban J connectivity index is 1.26. The summed E-state index contributed by atoms with van der Waals surface area (Å²) in [6, 6.07) is 15.6. The van der Waals surface area contributed by atoms with Gasteiger partial charge in [-0.25, -0.2) is 4.39 Å². The highest BCUT2D eigenvalue weighted by Gasteiger charge is 2.27. The zero-order valence-corrected chi connectivity index (χ0v) is 18.5. The van der Waals surface area contributed by atoms with Crippen molar-refractivity contribution in [2.24, 2.45) is 5.92 Å². The number of benzene rings is 2. The highest BCUT2D eigenvalue weighted by molar-refractivity contribution is 5.94. The van der Waals surface area contributed by atoms with E-state index in [1.165, 1.54) is 6.07 Å². The maximum atomic E-state index is 13.7. The highest BCUT2D eigenvalue weighted by Crippen LogP contribution is 2.23. The molecule has 1 saturated heterocycles. The van der Waals surface area contributed by atoms with Crippen molar-refractivity contribution in [1.82, 2.24) is 15.2 Å². The summed E-state index contributed by atoms with van der Waals surface area (Å²) in [4.78, 5) is 31.2. The van der Waals surface area contributed by atoms with Gasteiger partial charge in [-0.05, 0) is 73.4 Å². The number of amides is 2. The van der Waals surface area contributed by atoms with Gasteiger partial charge in [-0.15, -0.1) is 0 Å². The Labute approximate surface area is 192 Å². The van der Waals surface area contributed by atoms with Crippen molar-refractivity contribution >= 4 is 11.8 Å². The molecule has 3 aromatic rings. The molecule has 0 bridgehead atoms. The van der Waals surface area contributed by atoms with Crippen molar-refractivity contribution in [2.45, 2.75) is 26.3 Å². The van der Waals surface area contributed by atoms with Crippen LogP contribution in [0.5, 0.6) is 11.5 Å². The van der Waals surface area contributed by atoms with E-state index in [1.54, 1.807) is 60.6 Å². The second kappa shape index (κ2) is 10.3. The molecule has 2 heterocycles. The molecule has 0 saturated carbocycles. The summed E-state index contributed by atoms with van der Waals surface area (Å²) < 4.78 is 19.4. The number of hydrogen-bond acceptors (Lipinski definition) is 4. The molecule has 170 valence electrons. The van der Waals surface area contributed by atoms with Crippen molar-refractivity contribution in [3.63, 3.8) is 0 Å². The van der Waals surface area contributed by atoms with E-state index >= 15 is 0 Å². The van der Waals surface area contributed by atoms with Gasteiger partial charge in [0.2, 0.25) is 5.91 Å². The second-order valence-corrected chi connectivity index (χ2v) is 8.18. The Hall–Kier alpha value is -3.74. The lowest BCUT2D eigenvalue weighted by Gasteiger charge is -2.31. The van der Waals surface area contributed by atoms with Gasteiger partial charge in [0.05, 0.1) is 6.20 Å². The first kappa shape index (κ1) is 22.5. The summed E-state index contributed by atoms with van der Waals surface area (Å²) in [6.07, 6.45) is 4.50. The number of carbonyl (C=O) groups is 2. The minimum absolute atomic E-state index is 0.0556. The number of likely N-dealkylation sites (tertiary alicyclic amines) is 1. The van der Waals surface area contributed by atoms with Crippen molar-refractivity contribution in [2.75, 3.05) is 13.1 Å². The molecule has 1 aliphatic heterocycles. The lowest BCUT2D eigenvalue weighted by Crippen LogP contribution is -2.42. The van der Waals surface area contributed by atoms with Crippen LogP contribution in [0.2, 0.25) is 0 Å². The molecule has 6 nitrogen and oxygen atoms in total. The number of halogens is 1. The maximum Gasteiger partial charge on any atom is 0.253 e. The summed E-state index contributed by atoms with van der Waals surface area (Å²) in [5.41, 5.74) is 1.89. The van der Waals surface area contributed by atoms with E-state index in [9.17, 15) is 14.0 Å². The highest BCUT2D eigenvalue weighted by atomic mass is 19.1. The van der Waals surface area contributed by atoms with Gasteiger partial charge < -0.3 is 15.0 Å². The first-order valence-electron chi connectivity index (χ1n) is 11.0. The number of nitrogens with one attached hydrogen (secondary N) is 1. The van der Waals surface area contributed by atoms with Crippen molar-refractivity contribution in [3.8, 4) is 11.5 Å². The SMILES string of the molecule is Cc1ccc(CNC(=O)C2CCN(C(=O)c3ccc(Oc4cccnc4)cc3)CC2)cc1F. The number of nitrogens with zero attached hydrogens (tertiary/aromatic N) is 2. The van der Waals surface area contributed by atoms with E-state index in [1.807, 2.05) is 12.1 Å². The van der Waals surface area contributed by atoms with Gasteiger partial charge in [0.15, 0.2) is 0 Å². The number of aromatic nitrogens is 1. The lowest BCUT2D eigenvalue weighted by molar-refractivity contribution is -0.126. The minimum atomic E-state index is -0.273. The van der Waals surface area contributed by atoms with Crippen molar-refractivity contribution < 1.29 is 18.7 Å². The van der Waals surface area contributed by atoms with Gasteiger partial charge in [-0.2, -0.15) is 0 Å². The van der Waals surface area contributed by atoms with Gasteiger partial charge >= 0.3 is 0 Å². The van der Waals surface area contributed by atoms with Crippen LogP contribution < -0.4 is 10.1 Å². The number of ether oxygens (including phenoxy) is 1. The average molecular weight is 448 g/mol. The molecule has 1 aliphatic rings. The van der Waals surface area contributed by atoms with E-state index in [0.717, 1.165) is 5.56 Å².